The third kappa shape index (κ3) is 6.29. The number of carbonyl (C=O) groups excluding carboxylic acids is 3. The monoisotopic (exact) mass is 480 g/mol. The predicted molar refractivity (Wildman–Crippen MR) is 103 cm³/mol. The smallest absolute Gasteiger partial charge is 0.303 e. The number of hydrogen-bond donors (Lipinski definition) is 0. The first-order chi connectivity index (χ1) is 12.7. The Labute approximate surface area is 174 Å². The number of carbonyl (C=O) groups is 3. The fourth-order valence-corrected chi connectivity index (χ4v) is 4.21. The first-order valence-corrected chi connectivity index (χ1v) is 10.1. The van der Waals surface area contributed by atoms with Gasteiger partial charge in [-0.15, -0.1) is 11.8 Å². The Kier molecular flexibility index (Phi) is 7.81. The van der Waals surface area contributed by atoms with Crippen molar-refractivity contribution in [2.75, 3.05) is 5.75 Å². The Bertz CT molecular complexity index is 729. The van der Waals surface area contributed by atoms with Crippen molar-refractivity contribution in [1.29, 1.82) is 0 Å². The molecule has 1 aliphatic rings. The molecule has 0 amide bonds. The molecule has 1 aromatic carbocycles. The molecule has 0 N–H and O–H groups in total. The van der Waals surface area contributed by atoms with Gasteiger partial charge in [-0.3, -0.25) is 14.4 Å². The second kappa shape index (κ2) is 9.66. The van der Waals surface area contributed by atoms with Gasteiger partial charge in [-0.25, -0.2) is 0 Å². The Balaban J connectivity index is 2.32. The maximum absolute atomic E-state index is 11.6. The maximum atomic E-state index is 11.6. The fourth-order valence-electron chi connectivity index (χ4n) is 2.50. The van der Waals surface area contributed by atoms with Crippen molar-refractivity contribution in [3.8, 4) is 5.75 Å². The molecule has 4 atom stereocenters. The molecule has 10 heteroatoms. The summed E-state index contributed by atoms with van der Waals surface area (Å²) in [6.07, 6.45) is -2.78. The van der Waals surface area contributed by atoms with Crippen molar-refractivity contribution in [3.05, 3.63) is 27.7 Å². The summed E-state index contributed by atoms with van der Waals surface area (Å²) in [5, 5.41) is 0.367. The molecule has 0 radical (unpaired) electrons. The maximum Gasteiger partial charge on any atom is 0.303 e. The molecule has 148 valence electrons. The average molecular weight is 482 g/mol. The van der Waals surface area contributed by atoms with Crippen LogP contribution < -0.4 is 4.74 Å². The second-order valence-corrected chi connectivity index (χ2v) is 8.14. The Morgan fingerprint density at radius 3 is 2.22 bits per heavy atom. The molecule has 0 saturated carbocycles. The van der Waals surface area contributed by atoms with Gasteiger partial charge in [-0.1, -0.05) is 27.5 Å². The lowest BCUT2D eigenvalue weighted by atomic mass is 10.1. The molecule has 1 aromatic rings. The molecular formula is C17H18BrClO7S. The molecule has 0 unspecified atom stereocenters. The van der Waals surface area contributed by atoms with Crippen LogP contribution in [0, 0.1) is 0 Å². The largest absolute Gasteiger partial charge is 0.474 e. The normalized spacial score (nSPS) is 24.6. The van der Waals surface area contributed by atoms with Gasteiger partial charge in [0.25, 0.3) is 0 Å². The number of hydrogen-bond acceptors (Lipinski definition) is 8. The highest BCUT2D eigenvalue weighted by atomic mass is 79.9. The van der Waals surface area contributed by atoms with Crippen LogP contribution in [0.1, 0.15) is 20.8 Å². The Hall–Kier alpha value is -1.45. The van der Waals surface area contributed by atoms with E-state index in [1.54, 1.807) is 18.2 Å². The lowest BCUT2D eigenvalue weighted by Gasteiger charge is -2.40. The van der Waals surface area contributed by atoms with Crippen LogP contribution in [0.5, 0.6) is 5.75 Å². The van der Waals surface area contributed by atoms with Gasteiger partial charge in [0, 0.05) is 31.0 Å². The van der Waals surface area contributed by atoms with E-state index in [-0.39, 0.29) is 5.75 Å². The first kappa shape index (κ1) is 21.8. The summed E-state index contributed by atoms with van der Waals surface area (Å²) >= 11 is 10.8. The molecule has 0 bridgehead atoms. The fraction of sp³-hybridized carbons (Fsp3) is 0.471. The van der Waals surface area contributed by atoms with Gasteiger partial charge in [0.1, 0.15) is 5.75 Å². The zero-order chi connectivity index (χ0) is 20.1. The van der Waals surface area contributed by atoms with Crippen molar-refractivity contribution >= 4 is 57.2 Å². The number of esters is 3. The lowest BCUT2D eigenvalue weighted by Crippen LogP contribution is -2.55. The van der Waals surface area contributed by atoms with E-state index in [0.717, 1.165) is 4.47 Å². The van der Waals surface area contributed by atoms with E-state index in [1.807, 2.05) is 0 Å². The molecule has 1 heterocycles. The van der Waals surface area contributed by atoms with Crippen molar-refractivity contribution in [2.24, 2.45) is 0 Å². The summed E-state index contributed by atoms with van der Waals surface area (Å²) in [5.74, 6) is -1.07. The van der Waals surface area contributed by atoms with Crippen LogP contribution >= 0.6 is 39.3 Å². The van der Waals surface area contributed by atoms with Crippen LogP contribution in [0.25, 0.3) is 0 Å². The van der Waals surface area contributed by atoms with Gasteiger partial charge >= 0.3 is 17.9 Å². The molecule has 7 nitrogen and oxygen atoms in total. The third-order valence-electron chi connectivity index (χ3n) is 3.44. The predicted octanol–water partition coefficient (Wildman–Crippen LogP) is 3.35. The van der Waals surface area contributed by atoms with Gasteiger partial charge in [0.15, 0.2) is 23.7 Å². The summed E-state index contributed by atoms with van der Waals surface area (Å²) < 4.78 is 22.6. The van der Waals surface area contributed by atoms with Gasteiger partial charge in [0.05, 0.1) is 5.02 Å². The summed E-state index contributed by atoms with van der Waals surface area (Å²) in [6, 6.07) is 5.08. The van der Waals surface area contributed by atoms with Crippen LogP contribution in [0.15, 0.2) is 22.7 Å². The highest BCUT2D eigenvalue weighted by Crippen LogP contribution is 2.37. The van der Waals surface area contributed by atoms with E-state index in [1.165, 1.54) is 32.5 Å². The third-order valence-corrected chi connectivity index (χ3v) is 5.46. The van der Waals surface area contributed by atoms with E-state index >= 15 is 0 Å². The zero-order valence-electron chi connectivity index (χ0n) is 14.8. The SMILES string of the molecule is CC(=O)O[C@@H]1[C@@H](OC(C)=O)[C@@H](Oc2cc(Br)ccc2Cl)SC[C@H]1OC(C)=O. The summed E-state index contributed by atoms with van der Waals surface area (Å²) in [4.78, 5) is 34.6. The molecule has 27 heavy (non-hydrogen) atoms. The van der Waals surface area contributed by atoms with Crippen LogP contribution in [0.2, 0.25) is 5.02 Å². The van der Waals surface area contributed by atoms with Crippen LogP contribution in [0.3, 0.4) is 0 Å². The van der Waals surface area contributed by atoms with E-state index < -0.39 is 41.7 Å². The van der Waals surface area contributed by atoms with Gasteiger partial charge in [-0.05, 0) is 18.2 Å². The van der Waals surface area contributed by atoms with Gasteiger partial charge in [-0.2, -0.15) is 0 Å². The molecule has 0 spiro atoms. The lowest BCUT2D eigenvalue weighted by molar-refractivity contribution is -0.186. The summed E-state index contributed by atoms with van der Waals surface area (Å²) in [7, 11) is 0. The molecule has 0 aromatic heterocycles. The molecule has 1 aliphatic heterocycles. The van der Waals surface area contributed by atoms with Crippen molar-refractivity contribution < 1.29 is 33.3 Å². The number of rotatable bonds is 5. The zero-order valence-corrected chi connectivity index (χ0v) is 17.9. The van der Waals surface area contributed by atoms with Crippen LogP contribution in [-0.4, -0.2) is 47.4 Å². The topological polar surface area (TPSA) is 88.1 Å². The summed E-state index contributed by atoms with van der Waals surface area (Å²) in [5.41, 5.74) is -0.725. The van der Waals surface area contributed by atoms with E-state index in [0.29, 0.717) is 10.8 Å². The minimum Gasteiger partial charge on any atom is -0.474 e. The van der Waals surface area contributed by atoms with Crippen LogP contribution in [-0.2, 0) is 28.6 Å². The molecule has 1 saturated heterocycles. The highest BCUT2D eigenvalue weighted by Gasteiger charge is 2.47. The van der Waals surface area contributed by atoms with Crippen molar-refractivity contribution in [2.45, 2.75) is 44.5 Å². The van der Waals surface area contributed by atoms with Gasteiger partial charge < -0.3 is 18.9 Å². The highest BCUT2D eigenvalue weighted by molar-refractivity contribution is 9.10. The van der Waals surface area contributed by atoms with Crippen molar-refractivity contribution in [3.63, 3.8) is 0 Å². The summed E-state index contributed by atoms with van der Waals surface area (Å²) in [6.45, 7) is 3.70. The Morgan fingerprint density at radius 2 is 1.63 bits per heavy atom. The second-order valence-electron chi connectivity index (χ2n) is 5.69. The molecule has 0 aliphatic carbocycles. The minimum atomic E-state index is -1.01. The van der Waals surface area contributed by atoms with Crippen molar-refractivity contribution in [1.82, 2.24) is 0 Å². The van der Waals surface area contributed by atoms with Gasteiger partial charge in [0.2, 0.25) is 0 Å². The van der Waals surface area contributed by atoms with E-state index in [9.17, 15) is 14.4 Å². The van der Waals surface area contributed by atoms with E-state index in [4.69, 9.17) is 30.5 Å². The van der Waals surface area contributed by atoms with E-state index in [2.05, 4.69) is 15.9 Å². The average Bonchev–Trinajstić information content (AvgIpc) is 2.55. The Morgan fingerprint density at radius 1 is 1.04 bits per heavy atom. The number of thioether (sulfide) groups is 1. The number of ether oxygens (including phenoxy) is 4. The number of halogens is 2. The number of benzene rings is 1. The molecule has 2 rings (SSSR count). The molecule has 1 fully saturated rings. The standard InChI is InChI=1S/C17H18BrClO7S/c1-8(20)23-14-7-27-17(26-13-6-11(18)4-5-12(13)19)16(25-10(3)22)15(14)24-9(2)21/h4-6,14-17H,7H2,1-3H3/t14-,15+,16-,17+/m1/s1. The quantitative estimate of drug-likeness (QED) is 0.467. The minimum absolute atomic E-state index is 0.283. The van der Waals surface area contributed by atoms with Crippen LogP contribution in [0.4, 0.5) is 0 Å². The molecular weight excluding hydrogens is 464 g/mol. The first-order valence-electron chi connectivity index (χ1n) is 7.92.